The van der Waals surface area contributed by atoms with Crippen LogP contribution in [0.3, 0.4) is 0 Å². The van der Waals surface area contributed by atoms with Gasteiger partial charge >= 0.3 is 0 Å². The van der Waals surface area contributed by atoms with Crippen LogP contribution >= 0.6 is 0 Å². The molecule has 1 fully saturated rings. The van der Waals surface area contributed by atoms with Crippen LogP contribution in [0.15, 0.2) is 36.9 Å². The lowest BCUT2D eigenvalue weighted by Gasteiger charge is -2.15. The van der Waals surface area contributed by atoms with E-state index < -0.39 is 0 Å². The number of anilines is 1. The predicted molar refractivity (Wildman–Crippen MR) is 79.8 cm³/mol. The van der Waals surface area contributed by atoms with Crippen molar-refractivity contribution in [3.8, 4) is 0 Å². The number of rotatable bonds is 4. The molecule has 21 heavy (non-hydrogen) atoms. The van der Waals surface area contributed by atoms with E-state index in [2.05, 4.69) is 27.6 Å². The SMILES string of the molecule is CC1CCNC1C(=O)Nc1ccc(Cn2cncn2)cc1. The van der Waals surface area contributed by atoms with Crippen LogP contribution in [-0.2, 0) is 11.3 Å². The molecule has 1 amide bonds. The number of carbonyl (C=O) groups is 1. The van der Waals surface area contributed by atoms with E-state index in [9.17, 15) is 4.79 Å². The van der Waals surface area contributed by atoms with E-state index in [1.54, 1.807) is 11.0 Å². The Morgan fingerprint density at radius 3 is 2.86 bits per heavy atom. The summed E-state index contributed by atoms with van der Waals surface area (Å²) in [6.07, 6.45) is 4.25. The monoisotopic (exact) mass is 285 g/mol. The van der Waals surface area contributed by atoms with Gasteiger partial charge in [-0.1, -0.05) is 19.1 Å². The van der Waals surface area contributed by atoms with Crippen molar-refractivity contribution in [2.24, 2.45) is 5.92 Å². The Balaban J connectivity index is 1.60. The van der Waals surface area contributed by atoms with Gasteiger partial charge in [0.2, 0.25) is 5.91 Å². The van der Waals surface area contributed by atoms with Crippen LogP contribution in [-0.4, -0.2) is 33.3 Å². The summed E-state index contributed by atoms with van der Waals surface area (Å²) in [5, 5.41) is 10.3. The average Bonchev–Trinajstić information content (AvgIpc) is 3.12. The van der Waals surface area contributed by atoms with Crippen molar-refractivity contribution < 1.29 is 4.79 Å². The van der Waals surface area contributed by atoms with Gasteiger partial charge < -0.3 is 10.6 Å². The Morgan fingerprint density at radius 1 is 1.43 bits per heavy atom. The van der Waals surface area contributed by atoms with Crippen LogP contribution in [0.25, 0.3) is 0 Å². The Kier molecular flexibility index (Phi) is 3.96. The molecular weight excluding hydrogens is 266 g/mol. The first-order chi connectivity index (χ1) is 10.2. The summed E-state index contributed by atoms with van der Waals surface area (Å²) in [5.41, 5.74) is 1.94. The van der Waals surface area contributed by atoms with Crippen molar-refractivity contribution in [2.45, 2.75) is 25.9 Å². The summed E-state index contributed by atoms with van der Waals surface area (Å²) < 4.78 is 1.76. The maximum Gasteiger partial charge on any atom is 0.241 e. The molecule has 0 saturated carbocycles. The van der Waals surface area contributed by atoms with Gasteiger partial charge in [-0.05, 0) is 36.6 Å². The zero-order valence-electron chi connectivity index (χ0n) is 12.0. The van der Waals surface area contributed by atoms with Crippen molar-refractivity contribution in [2.75, 3.05) is 11.9 Å². The fourth-order valence-electron chi connectivity index (χ4n) is 2.60. The number of benzene rings is 1. The molecule has 1 aromatic heterocycles. The second-order valence-electron chi connectivity index (χ2n) is 5.48. The third-order valence-corrected chi connectivity index (χ3v) is 3.85. The van der Waals surface area contributed by atoms with Crippen LogP contribution in [0, 0.1) is 5.92 Å². The second kappa shape index (κ2) is 6.05. The Labute approximate surface area is 123 Å². The molecule has 0 spiro atoms. The van der Waals surface area contributed by atoms with E-state index in [-0.39, 0.29) is 11.9 Å². The van der Waals surface area contributed by atoms with E-state index in [4.69, 9.17) is 0 Å². The molecule has 1 aromatic carbocycles. The first-order valence-corrected chi connectivity index (χ1v) is 7.18. The molecule has 1 aliphatic heterocycles. The molecule has 2 heterocycles. The lowest BCUT2D eigenvalue weighted by atomic mass is 10.0. The number of carbonyl (C=O) groups excluding carboxylic acids is 1. The molecule has 0 bridgehead atoms. The first kappa shape index (κ1) is 13.8. The van der Waals surface area contributed by atoms with Gasteiger partial charge in [0.15, 0.2) is 0 Å². The highest BCUT2D eigenvalue weighted by molar-refractivity contribution is 5.95. The minimum atomic E-state index is -0.0835. The number of amides is 1. The summed E-state index contributed by atoms with van der Waals surface area (Å²) in [6, 6.07) is 7.74. The number of hydrogen-bond donors (Lipinski definition) is 2. The smallest absolute Gasteiger partial charge is 0.241 e. The molecule has 1 saturated heterocycles. The minimum absolute atomic E-state index is 0.0454. The fourth-order valence-corrected chi connectivity index (χ4v) is 2.60. The largest absolute Gasteiger partial charge is 0.325 e. The standard InChI is InChI=1S/C15H19N5O/c1-11-6-7-17-14(11)15(21)19-13-4-2-12(3-5-13)8-20-10-16-9-18-20/h2-5,9-11,14,17H,6-8H2,1H3,(H,19,21). The lowest BCUT2D eigenvalue weighted by Crippen LogP contribution is -2.39. The van der Waals surface area contributed by atoms with Gasteiger partial charge in [-0.25, -0.2) is 9.67 Å². The van der Waals surface area contributed by atoms with Gasteiger partial charge in [0.1, 0.15) is 12.7 Å². The highest BCUT2D eigenvalue weighted by Gasteiger charge is 2.29. The number of nitrogens with one attached hydrogen (secondary N) is 2. The van der Waals surface area contributed by atoms with Gasteiger partial charge in [-0.2, -0.15) is 5.10 Å². The van der Waals surface area contributed by atoms with Crippen molar-refractivity contribution in [1.82, 2.24) is 20.1 Å². The van der Waals surface area contributed by atoms with Gasteiger partial charge in [-0.15, -0.1) is 0 Å². The molecule has 3 rings (SSSR count). The molecule has 6 nitrogen and oxygen atoms in total. The number of hydrogen-bond acceptors (Lipinski definition) is 4. The molecule has 2 aromatic rings. The summed E-state index contributed by atoms with van der Waals surface area (Å²) in [6.45, 7) is 3.69. The summed E-state index contributed by atoms with van der Waals surface area (Å²) in [4.78, 5) is 16.1. The molecule has 2 N–H and O–H groups in total. The zero-order chi connectivity index (χ0) is 14.7. The van der Waals surface area contributed by atoms with E-state index in [0.717, 1.165) is 24.2 Å². The quantitative estimate of drug-likeness (QED) is 0.887. The van der Waals surface area contributed by atoms with Crippen molar-refractivity contribution >= 4 is 11.6 Å². The van der Waals surface area contributed by atoms with E-state index in [1.165, 1.54) is 6.33 Å². The minimum Gasteiger partial charge on any atom is -0.325 e. The first-order valence-electron chi connectivity index (χ1n) is 7.18. The van der Waals surface area contributed by atoms with Crippen LogP contribution in [0.4, 0.5) is 5.69 Å². The molecule has 2 unspecified atom stereocenters. The summed E-state index contributed by atoms with van der Waals surface area (Å²) >= 11 is 0. The maximum absolute atomic E-state index is 12.2. The van der Waals surface area contributed by atoms with Gasteiger partial charge in [0, 0.05) is 5.69 Å². The molecule has 0 aliphatic carbocycles. The number of nitrogens with zero attached hydrogens (tertiary/aromatic N) is 3. The molecular formula is C15H19N5O. The van der Waals surface area contributed by atoms with E-state index in [0.29, 0.717) is 12.5 Å². The van der Waals surface area contributed by atoms with Crippen LogP contribution in [0.2, 0.25) is 0 Å². The second-order valence-corrected chi connectivity index (χ2v) is 5.48. The van der Waals surface area contributed by atoms with Crippen LogP contribution in [0.5, 0.6) is 0 Å². The summed E-state index contributed by atoms with van der Waals surface area (Å²) in [5.74, 6) is 0.431. The third-order valence-electron chi connectivity index (χ3n) is 3.85. The highest BCUT2D eigenvalue weighted by atomic mass is 16.2. The van der Waals surface area contributed by atoms with Crippen LogP contribution < -0.4 is 10.6 Å². The lowest BCUT2D eigenvalue weighted by molar-refractivity contribution is -0.118. The highest BCUT2D eigenvalue weighted by Crippen LogP contribution is 2.17. The molecule has 0 radical (unpaired) electrons. The number of aromatic nitrogens is 3. The maximum atomic E-state index is 12.2. The van der Waals surface area contributed by atoms with Crippen molar-refractivity contribution in [3.63, 3.8) is 0 Å². The molecule has 1 aliphatic rings. The molecule has 6 heteroatoms. The van der Waals surface area contributed by atoms with Crippen LogP contribution in [0.1, 0.15) is 18.9 Å². The summed E-state index contributed by atoms with van der Waals surface area (Å²) in [7, 11) is 0. The molecule has 110 valence electrons. The normalized spacial score (nSPS) is 21.4. The van der Waals surface area contributed by atoms with Gasteiger partial charge in [-0.3, -0.25) is 4.79 Å². The third kappa shape index (κ3) is 3.28. The molecule has 2 atom stereocenters. The fraction of sp³-hybridized carbons (Fsp3) is 0.400. The van der Waals surface area contributed by atoms with E-state index in [1.807, 2.05) is 24.3 Å². The van der Waals surface area contributed by atoms with Crippen molar-refractivity contribution in [3.05, 3.63) is 42.5 Å². The Hall–Kier alpha value is -2.21. The average molecular weight is 285 g/mol. The Bertz CT molecular complexity index is 593. The predicted octanol–water partition coefficient (Wildman–Crippen LogP) is 1.26. The zero-order valence-corrected chi connectivity index (χ0v) is 12.0. The van der Waals surface area contributed by atoms with Gasteiger partial charge in [0.05, 0.1) is 12.6 Å². The Morgan fingerprint density at radius 2 is 2.24 bits per heavy atom. The topological polar surface area (TPSA) is 71.8 Å². The van der Waals surface area contributed by atoms with Crippen molar-refractivity contribution in [1.29, 1.82) is 0 Å². The van der Waals surface area contributed by atoms with Gasteiger partial charge in [0.25, 0.3) is 0 Å². The van der Waals surface area contributed by atoms with E-state index >= 15 is 0 Å².